The molecule has 1 heterocycles. The van der Waals surface area contributed by atoms with Gasteiger partial charge in [-0.2, -0.15) is 0 Å². The van der Waals surface area contributed by atoms with Crippen LogP contribution in [0.4, 0.5) is 5.69 Å². The molecule has 0 unspecified atom stereocenters. The van der Waals surface area contributed by atoms with E-state index in [-0.39, 0.29) is 5.91 Å². The van der Waals surface area contributed by atoms with Crippen molar-refractivity contribution in [2.75, 3.05) is 25.0 Å². The zero-order chi connectivity index (χ0) is 12.3. The Bertz CT molecular complexity index is 384. The molecule has 1 saturated carbocycles. The first kappa shape index (κ1) is 12.0. The second-order valence-electron chi connectivity index (χ2n) is 4.68. The summed E-state index contributed by atoms with van der Waals surface area (Å²) in [6.45, 7) is 3.30. The minimum Gasteiger partial charge on any atom is -0.313 e. The summed E-state index contributed by atoms with van der Waals surface area (Å²) < 4.78 is 0. The van der Waals surface area contributed by atoms with Crippen LogP contribution in [0.15, 0.2) is 18.3 Å². The molecule has 1 amide bonds. The molecule has 2 rings (SSSR count). The molecule has 0 spiro atoms. The first-order valence-electron chi connectivity index (χ1n) is 6.07. The van der Waals surface area contributed by atoms with Gasteiger partial charge < -0.3 is 10.2 Å². The molecule has 0 saturated heterocycles. The van der Waals surface area contributed by atoms with E-state index in [2.05, 4.69) is 10.3 Å². The van der Waals surface area contributed by atoms with Gasteiger partial charge in [-0.3, -0.25) is 9.78 Å². The number of hydrogen-bond acceptors (Lipinski definition) is 3. The summed E-state index contributed by atoms with van der Waals surface area (Å²) in [5.74, 6) is 0.880. The second-order valence-corrected chi connectivity index (χ2v) is 4.68. The fourth-order valence-electron chi connectivity index (χ4n) is 1.63. The summed E-state index contributed by atoms with van der Waals surface area (Å²) in [5.41, 5.74) is 1.80. The number of carbonyl (C=O) groups is 1. The van der Waals surface area contributed by atoms with Crippen molar-refractivity contribution in [3.05, 3.63) is 24.0 Å². The van der Waals surface area contributed by atoms with E-state index in [9.17, 15) is 4.79 Å². The number of rotatable bonds is 5. The summed E-state index contributed by atoms with van der Waals surface area (Å²) in [6, 6.07) is 3.83. The van der Waals surface area contributed by atoms with Crippen molar-refractivity contribution in [1.29, 1.82) is 0 Å². The number of aryl methyl sites for hydroxylation is 1. The average Bonchev–Trinajstić information content (AvgIpc) is 3.13. The number of pyridine rings is 1. The Hall–Kier alpha value is -1.42. The summed E-state index contributed by atoms with van der Waals surface area (Å²) in [4.78, 5) is 17.7. The van der Waals surface area contributed by atoms with Crippen molar-refractivity contribution in [3.63, 3.8) is 0 Å². The molecule has 1 aromatic rings. The lowest BCUT2D eigenvalue weighted by Crippen LogP contribution is -2.36. The standard InChI is InChI=1S/C13H19N3O/c1-10-3-6-12(8-15-10)16(2)13(17)9-14-7-11-4-5-11/h3,6,8,11,14H,4-5,7,9H2,1-2H3. The summed E-state index contributed by atoms with van der Waals surface area (Å²) in [7, 11) is 1.79. The van der Waals surface area contributed by atoms with Gasteiger partial charge in [0.15, 0.2) is 0 Å². The lowest BCUT2D eigenvalue weighted by atomic mass is 10.3. The molecule has 1 N–H and O–H groups in total. The van der Waals surface area contributed by atoms with Gasteiger partial charge in [-0.25, -0.2) is 0 Å². The maximum absolute atomic E-state index is 11.9. The predicted molar refractivity (Wildman–Crippen MR) is 68.0 cm³/mol. The molecule has 4 heteroatoms. The van der Waals surface area contributed by atoms with Crippen LogP contribution >= 0.6 is 0 Å². The van der Waals surface area contributed by atoms with Crippen LogP contribution in [0.25, 0.3) is 0 Å². The van der Waals surface area contributed by atoms with Gasteiger partial charge in [0.25, 0.3) is 0 Å². The highest BCUT2D eigenvalue weighted by molar-refractivity contribution is 5.94. The fourth-order valence-corrected chi connectivity index (χ4v) is 1.63. The van der Waals surface area contributed by atoms with E-state index >= 15 is 0 Å². The number of nitrogens with one attached hydrogen (secondary N) is 1. The monoisotopic (exact) mass is 233 g/mol. The Balaban J connectivity index is 1.82. The Morgan fingerprint density at radius 1 is 1.53 bits per heavy atom. The smallest absolute Gasteiger partial charge is 0.240 e. The number of aromatic nitrogens is 1. The highest BCUT2D eigenvalue weighted by Gasteiger charge is 2.21. The maximum Gasteiger partial charge on any atom is 0.240 e. The van der Waals surface area contributed by atoms with Crippen molar-refractivity contribution in [3.8, 4) is 0 Å². The van der Waals surface area contributed by atoms with Gasteiger partial charge in [0, 0.05) is 12.7 Å². The molecule has 92 valence electrons. The zero-order valence-electron chi connectivity index (χ0n) is 10.4. The van der Waals surface area contributed by atoms with Gasteiger partial charge in [-0.1, -0.05) is 0 Å². The van der Waals surface area contributed by atoms with E-state index < -0.39 is 0 Å². The highest BCUT2D eigenvalue weighted by Crippen LogP contribution is 2.27. The van der Waals surface area contributed by atoms with E-state index in [0.717, 1.165) is 23.8 Å². The summed E-state index contributed by atoms with van der Waals surface area (Å²) in [5, 5.41) is 3.20. The second kappa shape index (κ2) is 5.27. The van der Waals surface area contributed by atoms with Gasteiger partial charge in [-0.05, 0) is 44.4 Å². The topological polar surface area (TPSA) is 45.2 Å². The van der Waals surface area contributed by atoms with Gasteiger partial charge in [0.2, 0.25) is 5.91 Å². The third kappa shape index (κ3) is 3.53. The van der Waals surface area contributed by atoms with E-state index in [1.807, 2.05) is 19.1 Å². The lowest BCUT2D eigenvalue weighted by molar-refractivity contribution is -0.117. The largest absolute Gasteiger partial charge is 0.313 e. The van der Waals surface area contributed by atoms with Crippen molar-refractivity contribution >= 4 is 11.6 Å². The summed E-state index contributed by atoms with van der Waals surface area (Å²) in [6.07, 6.45) is 4.34. The zero-order valence-corrected chi connectivity index (χ0v) is 10.4. The first-order chi connectivity index (χ1) is 8.16. The number of carbonyl (C=O) groups excluding carboxylic acids is 1. The van der Waals surface area contributed by atoms with Gasteiger partial charge >= 0.3 is 0 Å². The van der Waals surface area contributed by atoms with Crippen LogP contribution in [0.5, 0.6) is 0 Å². The van der Waals surface area contributed by atoms with E-state index in [4.69, 9.17) is 0 Å². The molecule has 0 atom stereocenters. The molecule has 1 aromatic heterocycles. The van der Waals surface area contributed by atoms with E-state index in [0.29, 0.717) is 6.54 Å². The van der Waals surface area contributed by atoms with Crippen molar-refractivity contribution in [2.45, 2.75) is 19.8 Å². The number of anilines is 1. The Labute approximate surface area is 102 Å². The maximum atomic E-state index is 11.9. The van der Waals surface area contributed by atoms with E-state index in [1.165, 1.54) is 12.8 Å². The van der Waals surface area contributed by atoms with Gasteiger partial charge in [0.1, 0.15) is 0 Å². The molecule has 4 nitrogen and oxygen atoms in total. The molecular weight excluding hydrogens is 214 g/mol. The molecule has 1 aliphatic carbocycles. The molecule has 17 heavy (non-hydrogen) atoms. The van der Waals surface area contributed by atoms with Crippen LogP contribution in [0.3, 0.4) is 0 Å². The molecule has 0 radical (unpaired) electrons. The van der Waals surface area contributed by atoms with Gasteiger partial charge in [-0.15, -0.1) is 0 Å². The van der Waals surface area contributed by atoms with Crippen molar-refractivity contribution in [1.82, 2.24) is 10.3 Å². The number of hydrogen-bond donors (Lipinski definition) is 1. The van der Waals surface area contributed by atoms with Gasteiger partial charge in [0.05, 0.1) is 18.4 Å². The molecule has 1 aliphatic rings. The third-order valence-electron chi connectivity index (χ3n) is 3.06. The van der Waals surface area contributed by atoms with Crippen LogP contribution in [-0.2, 0) is 4.79 Å². The fraction of sp³-hybridized carbons (Fsp3) is 0.538. The molecule has 0 aliphatic heterocycles. The number of amides is 1. The number of nitrogens with zero attached hydrogens (tertiary/aromatic N) is 2. The lowest BCUT2D eigenvalue weighted by Gasteiger charge is -2.17. The molecular formula is C13H19N3O. The average molecular weight is 233 g/mol. The SMILES string of the molecule is Cc1ccc(N(C)C(=O)CNCC2CC2)cn1. The minimum absolute atomic E-state index is 0.0799. The Morgan fingerprint density at radius 2 is 2.29 bits per heavy atom. The van der Waals surface area contributed by atoms with Crippen LogP contribution < -0.4 is 10.2 Å². The normalized spacial score (nSPS) is 14.7. The summed E-state index contributed by atoms with van der Waals surface area (Å²) >= 11 is 0. The van der Waals surface area contributed by atoms with E-state index in [1.54, 1.807) is 18.1 Å². The van der Waals surface area contributed by atoms with Crippen molar-refractivity contribution < 1.29 is 4.79 Å². The quantitative estimate of drug-likeness (QED) is 0.835. The van der Waals surface area contributed by atoms with Crippen LogP contribution in [0, 0.1) is 12.8 Å². The molecule has 0 bridgehead atoms. The van der Waals surface area contributed by atoms with Crippen molar-refractivity contribution in [2.24, 2.45) is 5.92 Å². The predicted octanol–water partition coefficient (Wildman–Crippen LogP) is 1.35. The Kier molecular flexibility index (Phi) is 3.74. The Morgan fingerprint density at radius 3 is 2.88 bits per heavy atom. The van der Waals surface area contributed by atoms with Crippen LogP contribution in [0.1, 0.15) is 18.5 Å². The molecule has 0 aromatic carbocycles. The third-order valence-corrected chi connectivity index (χ3v) is 3.06. The first-order valence-corrected chi connectivity index (χ1v) is 6.07. The minimum atomic E-state index is 0.0799. The van der Waals surface area contributed by atoms with Crippen LogP contribution in [-0.4, -0.2) is 31.0 Å². The van der Waals surface area contributed by atoms with Crippen LogP contribution in [0.2, 0.25) is 0 Å². The molecule has 1 fully saturated rings. The number of likely N-dealkylation sites (N-methyl/N-ethyl adjacent to an activating group) is 1. The highest BCUT2D eigenvalue weighted by atomic mass is 16.2.